The number of rotatable bonds is 18. The summed E-state index contributed by atoms with van der Waals surface area (Å²) in [5.41, 5.74) is 11.5. The molecule has 0 radical (unpaired) electrons. The topological polar surface area (TPSA) is 218 Å². The molecular formula is C52H59F3N10O7. The van der Waals surface area contributed by atoms with Crippen molar-refractivity contribution < 1.29 is 41.9 Å². The average Bonchev–Trinajstić information content (AvgIpc) is 3.98. The smallest absolute Gasteiger partial charge is 0.406 e. The molecule has 2 aliphatic rings. The Morgan fingerprint density at radius 3 is 2.47 bits per heavy atom. The molecule has 17 nitrogen and oxygen atoms in total. The number of halogens is 3. The number of nitrogens with two attached hydrogens (primary N) is 1. The fourth-order valence-electron chi connectivity index (χ4n) is 10.2. The predicted octanol–water partition coefficient (Wildman–Crippen LogP) is 6.43. The van der Waals surface area contributed by atoms with Crippen LogP contribution < -0.4 is 37.0 Å². The van der Waals surface area contributed by atoms with Crippen LogP contribution in [0.5, 0.6) is 5.75 Å². The number of benzene rings is 3. The normalized spacial score (nSPS) is 15.2. The van der Waals surface area contributed by atoms with Crippen molar-refractivity contribution in [2.24, 2.45) is 17.9 Å². The Morgan fingerprint density at radius 1 is 0.917 bits per heavy atom. The molecule has 0 spiro atoms. The lowest BCUT2D eigenvalue weighted by atomic mass is 9.73. The number of anilines is 2. The summed E-state index contributed by atoms with van der Waals surface area (Å²) in [5.74, 6) is -1.37. The second-order valence-electron chi connectivity index (χ2n) is 20.1. The van der Waals surface area contributed by atoms with E-state index in [0.717, 1.165) is 27.9 Å². The Hall–Kier alpha value is -7.51. The molecule has 1 unspecified atom stereocenters. The molecule has 5 heterocycles. The molecule has 0 bridgehead atoms. The van der Waals surface area contributed by atoms with Crippen LogP contribution in [0.25, 0.3) is 33.2 Å². The summed E-state index contributed by atoms with van der Waals surface area (Å²) in [4.78, 5) is 87.8. The molecule has 380 valence electrons. The van der Waals surface area contributed by atoms with E-state index in [1.807, 2.05) is 54.9 Å². The largest absolute Gasteiger partial charge is 0.573 e. The first kappa shape index (κ1) is 50.9. The van der Waals surface area contributed by atoms with Gasteiger partial charge in [0.1, 0.15) is 29.6 Å². The monoisotopic (exact) mass is 992 g/mol. The zero-order chi connectivity index (χ0) is 51.7. The maximum atomic E-state index is 13.6. The second kappa shape index (κ2) is 20.3. The van der Waals surface area contributed by atoms with Gasteiger partial charge in [0.2, 0.25) is 29.5 Å². The number of piperidine rings is 1. The van der Waals surface area contributed by atoms with Gasteiger partial charge in [-0.2, -0.15) is 0 Å². The highest BCUT2D eigenvalue weighted by Crippen LogP contribution is 2.39. The summed E-state index contributed by atoms with van der Waals surface area (Å²) in [6.07, 6.45) is 1.91. The summed E-state index contributed by atoms with van der Waals surface area (Å²) in [6.45, 7) is 9.78. The lowest BCUT2D eigenvalue weighted by Gasteiger charge is -2.34. The number of hydrogen-bond donors (Lipinski definition) is 4. The lowest BCUT2D eigenvalue weighted by Crippen LogP contribution is -2.44. The molecule has 2 aliphatic heterocycles. The number of fused-ring (bicyclic) bond motifs is 3. The number of aromatic nitrogens is 5. The highest BCUT2D eigenvalue weighted by atomic mass is 19.4. The minimum atomic E-state index is -4.84. The van der Waals surface area contributed by atoms with Gasteiger partial charge in [-0.15, -0.1) is 13.2 Å². The molecule has 1 saturated heterocycles. The molecule has 6 aromatic rings. The number of carbonyl (C=O) groups excluding carboxylic acids is 5. The molecule has 20 heteroatoms. The fourth-order valence-corrected chi connectivity index (χ4v) is 10.2. The number of imide groups is 1. The number of nitrogens with one attached hydrogen (secondary N) is 3. The lowest BCUT2D eigenvalue weighted by molar-refractivity contribution is -0.274. The van der Waals surface area contributed by atoms with Crippen LogP contribution >= 0.6 is 0 Å². The predicted molar refractivity (Wildman–Crippen MR) is 265 cm³/mol. The zero-order valence-corrected chi connectivity index (χ0v) is 41.0. The molecule has 8 rings (SSSR count). The van der Waals surface area contributed by atoms with Crippen LogP contribution in [0.4, 0.5) is 24.7 Å². The highest BCUT2D eigenvalue weighted by Gasteiger charge is 2.36. The summed E-state index contributed by atoms with van der Waals surface area (Å²) in [5, 5.41) is 9.13. The third kappa shape index (κ3) is 11.3. The second-order valence-corrected chi connectivity index (χ2v) is 20.1. The SMILES string of the molecule is Cn1c(=O)n(C2CCC(=O)NC2=O)c2ccc(CCC(=O)NCCC(C)(C)CC(C)(C)C(=O)NCCCn3cc(-c4ccc5c(c4)CCN5C(=O)Cc4cccc(OC(F)(F)F)c4)c4c(N)ncnc43)cc21. The molecular weight excluding hydrogens is 934 g/mol. The first-order chi connectivity index (χ1) is 34.1. The summed E-state index contributed by atoms with van der Waals surface area (Å²) in [6, 6.07) is 15.9. The maximum absolute atomic E-state index is 13.6. The van der Waals surface area contributed by atoms with E-state index >= 15 is 0 Å². The molecule has 1 atom stereocenters. The maximum Gasteiger partial charge on any atom is 0.573 e. The van der Waals surface area contributed by atoms with Crippen molar-refractivity contribution in [1.29, 1.82) is 0 Å². The minimum Gasteiger partial charge on any atom is -0.406 e. The van der Waals surface area contributed by atoms with Crippen molar-refractivity contribution in [2.75, 3.05) is 30.3 Å². The summed E-state index contributed by atoms with van der Waals surface area (Å²) in [7, 11) is 1.63. The number of ether oxygens (including phenoxy) is 1. The van der Waals surface area contributed by atoms with Gasteiger partial charge in [-0.25, -0.2) is 14.8 Å². The Morgan fingerprint density at radius 2 is 1.71 bits per heavy atom. The van der Waals surface area contributed by atoms with E-state index < -0.39 is 23.7 Å². The van der Waals surface area contributed by atoms with Gasteiger partial charge in [0.05, 0.1) is 22.8 Å². The van der Waals surface area contributed by atoms with Crippen molar-refractivity contribution in [1.82, 2.24) is 39.6 Å². The molecule has 0 aliphatic carbocycles. The van der Waals surface area contributed by atoms with Gasteiger partial charge < -0.3 is 30.6 Å². The van der Waals surface area contributed by atoms with E-state index in [-0.39, 0.29) is 66.2 Å². The molecule has 3 aromatic heterocycles. The third-order valence-electron chi connectivity index (χ3n) is 13.6. The van der Waals surface area contributed by atoms with Crippen molar-refractivity contribution in [2.45, 2.75) is 104 Å². The molecule has 5 N–H and O–H groups in total. The zero-order valence-electron chi connectivity index (χ0n) is 41.0. The van der Waals surface area contributed by atoms with Crippen molar-refractivity contribution in [3.05, 3.63) is 100 Å². The van der Waals surface area contributed by atoms with E-state index in [1.165, 1.54) is 33.7 Å². The van der Waals surface area contributed by atoms with Crippen molar-refractivity contribution in [3.63, 3.8) is 0 Å². The van der Waals surface area contributed by atoms with E-state index in [1.54, 1.807) is 24.1 Å². The molecule has 3 aromatic carbocycles. The van der Waals surface area contributed by atoms with Gasteiger partial charge in [0.25, 0.3) is 0 Å². The van der Waals surface area contributed by atoms with Gasteiger partial charge in [-0.05, 0) is 103 Å². The van der Waals surface area contributed by atoms with Gasteiger partial charge in [0.15, 0.2) is 0 Å². The van der Waals surface area contributed by atoms with Crippen LogP contribution in [0.15, 0.2) is 78.0 Å². The van der Waals surface area contributed by atoms with Gasteiger partial charge in [0, 0.05) is 68.9 Å². The van der Waals surface area contributed by atoms with E-state index in [0.29, 0.717) is 91.7 Å². The molecule has 5 amide bonds. The first-order valence-corrected chi connectivity index (χ1v) is 24.0. The van der Waals surface area contributed by atoms with Crippen LogP contribution in [0.2, 0.25) is 0 Å². The molecule has 72 heavy (non-hydrogen) atoms. The van der Waals surface area contributed by atoms with Gasteiger partial charge in [-0.1, -0.05) is 52.0 Å². The quantitative estimate of drug-likeness (QED) is 0.0547. The number of amides is 5. The summed E-state index contributed by atoms with van der Waals surface area (Å²) >= 11 is 0. The van der Waals surface area contributed by atoms with Crippen LogP contribution in [0, 0.1) is 10.8 Å². The van der Waals surface area contributed by atoms with Crippen LogP contribution in [0.3, 0.4) is 0 Å². The van der Waals surface area contributed by atoms with Crippen LogP contribution in [0.1, 0.15) is 89.0 Å². The number of alkyl halides is 3. The van der Waals surface area contributed by atoms with Crippen LogP contribution in [-0.2, 0) is 56.8 Å². The number of hydrogen-bond acceptors (Lipinski definition) is 10. The molecule has 1 fully saturated rings. The Kier molecular flexibility index (Phi) is 14.3. The van der Waals surface area contributed by atoms with E-state index in [2.05, 4.69) is 44.5 Å². The third-order valence-corrected chi connectivity index (χ3v) is 13.6. The van der Waals surface area contributed by atoms with Crippen LogP contribution in [-0.4, -0.2) is 79.2 Å². The van der Waals surface area contributed by atoms with Gasteiger partial charge in [-0.3, -0.25) is 38.4 Å². The Labute approximate surface area is 413 Å². The fraction of sp³-hybridized carbons (Fsp3) is 0.423. The Balaban J connectivity index is 0.806. The highest BCUT2D eigenvalue weighted by molar-refractivity contribution is 6.02. The number of nitrogen functional groups attached to an aromatic ring is 1. The van der Waals surface area contributed by atoms with Crippen molar-refractivity contribution in [3.8, 4) is 16.9 Å². The number of imidazole rings is 1. The standard InChI is InChI=1S/C52H59F3N10O7/c1-50(2,19-21-57-41(66)16-11-31-10-13-38-40(25-31)62(5)49(71)65(38)39-15-17-42(67)61-47(39)69)29-51(3,4)48(70)58-20-7-22-63-28-36(44-45(56)59-30-60-46(44)63)33-12-14-37-34(27-33)18-23-64(37)43(68)26-32-8-6-9-35(24-32)72-52(53,54)55/h6,8-10,12-14,24-25,27-28,30,39H,7,11,15-23,26,29H2,1-5H3,(H,57,66)(H,58,70)(H2,56,59,60)(H,61,67,69). The number of aryl methyl sites for hydroxylation is 3. The minimum absolute atomic E-state index is 0.0826. The van der Waals surface area contributed by atoms with Gasteiger partial charge >= 0.3 is 12.1 Å². The summed E-state index contributed by atoms with van der Waals surface area (Å²) < 4.78 is 47.3. The van der Waals surface area contributed by atoms with E-state index in [9.17, 15) is 41.9 Å². The number of nitrogens with zero attached hydrogens (tertiary/aromatic N) is 6. The van der Waals surface area contributed by atoms with E-state index in [4.69, 9.17) is 5.73 Å². The number of carbonyl (C=O) groups is 5. The first-order valence-electron chi connectivity index (χ1n) is 24.0. The molecule has 0 saturated carbocycles. The van der Waals surface area contributed by atoms with Crippen molar-refractivity contribution >= 4 is 63.1 Å². The Bertz CT molecular complexity index is 3150. The average molecular weight is 993 g/mol.